The van der Waals surface area contributed by atoms with Gasteiger partial charge >= 0.3 is 0 Å². The summed E-state index contributed by atoms with van der Waals surface area (Å²) in [4.78, 5) is 21.8. The van der Waals surface area contributed by atoms with Crippen LogP contribution in [0.4, 0.5) is 0 Å². The first-order valence-corrected chi connectivity index (χ1v) is 11.7. The summed E-state index contributed by atoms with van der Waals surface area (Å²) in [5.74, 6) is 1.89. The zero-order valence-electron chi connectivity index (χ0n) is 21.5. The molecular weight excluding hydrogens is 488 g/mol. The van der Waals surface area contributed by atoms with Crippen LogP contribution >= 0.6 is 0 Å². The Bertz CT molecular complexity index is 1510. The minimum atomic E-state index is -0.250. The van der Waals surface area contributed by atoms with Crippen LogP contribution in [0.15, 0.2) is 67.4 Å². The number of ether oxygens (including phenoxy) is 3. The Hall–Kier alpha value is -4.93. The molecule has 5 rings (SSSR count). The molecule has 0 bridgehead atoms. The topological polar surface area (TPSA) is 126 Å². The van der Waals surface area contributed by atoms with E-state index in [0.717, 1.165) is 33.5 Å². The molecule has 0 amide bonds. The van der Waals surface area contributed by atoms with Crippen molar-refractivity contribution in [2.75, 3.05) is 14.2 Å². The molecule has 0 aliphatic carbocycles. The van der Waals surface area contributed by atoms with Gasteiger partial charge in [-0.1, -0.05) is 6.07 Å². The van der Waals surface area contributed by atoms with Crippen molar-refractivity contribution < 1.29 is 24.1 Å². The number of rotatable bonds is 8. The number of imidazole rings is 1. The second kappa shape index (κ2) is 11.9. The average molecular weight is 517 g/mol. The van der Waals surface area contributed by atoms with Crippen molar-refractivity contribution in [3.05, 3.63) is 78.5 Å². The molecule has 11 heteroatoms. The summed E-state index contributed by atoms with van der Waals surface area (Å²) in [7, 11) is 5.14. The van der Waals surface area contributed by atoms with Crippen molar-refractivity contribution in [3.63, 3.8) is 0 Å². The van der Waals surface area contributed by atoms with E-state index in [0.29, 0.717) is 23.9 Å². The van der Waals surface area contributed by atoms with E-state index in [1.165, 1.54) is 0 Å². The molecule has 4 aromatic heterocycles. The van der Waals surface area contributed by atoms with E-state index in [4.69, 9.17) is 24.1 Å². The number of pyridine rings is 2. The molecule has 0 aliphatic heterocycles. The molecule has 1 aromatic carbocycles. The van der Waals surface area contributed by atoms with Crippen LogP contribution in [-0.2, 0) is 18.4 Å². The Morgan fingerprint density at radius 1 is 1.00 bits per heavy atom. The third-order valence-electron chi connectivity index (χ3n) is 5.89. The molecule has 0 saturated carbocycles. The first kappa shape index (κ1) is 26.1. The summed E-state index contributed by atoms with van der Waals surface area (Å²) in [5, 5.41) is 11.1. The Labute approximate surface area is 219 Å². The average Bonchev–Trinajstić information content (AvgIpc) is 3.55. The number of benzene rings is 1. The molecule has 11 nitrogen and oxygen atoms in total. The van der Waals surface area contributed by atoms with E-state index >= 15 is 0 Å². The fraction of sp³-hybridized carbons (Fsp3) is 0.222. The van der Waals surface area contributed by atoms with Crippen LogP contribution in [0.2, 0.25) is 0 Å². The standard InChI is InChI=1S/C26H26N6O3.CH2O2/c1-17(19-6-8-25(34-4)27-13-19)35-23-7-5-18(11-24(23)33-3)15-32-16-29-21-12-20(14-28-26(21)32)22-9-10-30-31(22)2;2-1-3/h5-14,16-17H,15H2,1-4H3;1H,(H,2,3). The Morgan fingerprint density at radius 2 is 1.82 bits per heavy atom. The molecule has 196 valence electrons. The second-order valence-electron chi connectivity index (χ2n) is 8.26. The molecule has 1 N–H and O–H groups in total. The van der Waals surface area contributed by atoms with Crippen molar-refractivity contribution in [2.45, 2.75) is 19.6 Å². The van der Waals surface area contributed by atoms with Gasteiger partial charge in [0.15, 0.2) is 17.1 Å². The quantitative estimate of drug-likeness (QED) is 0.303. The third-order valence-corrected chi connectivity index (χ3v) is 5.89. The summed E-state index contributed by atoms with van der Waals surface area (Å²) in [6.07, 6.45) is 6.98. The van der Waals surface area contributed by atoms with Crippen LogP contribution in [0, 0.1) is 0 Å². The lowest BCUT2D eigenvalue weighted by Gasteiger charge is -2.18. The van der Waals surface area contributed by atoms with E-state index in [-0.39, 0.29) is 12.6 Å². The SMILES string of the molecule is COc1ccc(C(C)Oc2ccc(Cn3cnc4cc(-c5ccnn5C)cnc43)cc2OC)cn1.O=CO. The van der Waals surface area contributed by atoms with E-state index in [2.05, 4.69) is 20.1 Å². The van der Waals surface area contributed by atoms with Crippen LogP contribution in [0.1, 0.15) is 24.2 Å². The molecule has 0 fully saturated rings. The van der Waals surface area contributed by atoms with Gasteiger partial charge in [0.2, 0.25) is 5.88 Å². The van der Waals surface area contributed by atoms with E-state index in [1.807, 2.05) is 71.9 Å². The van der Waals surface area contributed by atoms with E-state index in [9.17, 15) is 0 Å². The number of carboxylic acid groups (broad SMARTS) is 1. The van der Waals surface area contributed by atoms with Gasteiger partial charge in [-0.05, 0) is 42.8 Å². The second-order valence-corrected chi connectivity index (χ2v) is 8.26. The van der Waals surface area contributed by atoms with Gasteiger partial charge in [0, 0.05) is 42.8 Å². The molecule has 38 heavy (non-hydrogen) atoms. The largest absolute Gasteiger partial charge is 0.493 e. The van der Waals surface area contributed by atoms with E-state index < -0.39 is 0 Å². The first-order chi connectivity index (χ1) is 18.5. The number of hydrogen-bond donors (Lipinski definition) is 1. The van der Waals surface area contributed by atoms with Gasteiger partial charge in [-0.15, -0.1) is 0 Å². The Morgan fingerprint density at radius 3 is 2.47 bits per heavy atom. The highest BCUT2D eigenvalue weighted by atomic mass is 16.5. The van der Waals surface area contributed by atoms with Gasteiger partial charge in [-0.3, -0.25) is 9.48 Å². The lowest BCUT2D eigenvalue weighted by molar-refractivity contribution is -0.122. The zero-order chi connectivity index (χ0) is 27.1. The van der Waals surface area contributed by atoms with Crippen molar-refractivity contribution in [1.82, 2.24) is 29.3 Å². The van der Waals surface area contributed by atoms with Crippen LogP contribution in [0.5, 0.6) is 17.4 Å². The number of aromatic nitrogens is 6. The summed E-state index contributed by atoms with van der Waals surface area (Å²) in [6.45, 7) is 2.32. The number of carbonyl (C=O) groups is 1. The van der Waals surface area contributed by atoms with Crippen molar-refractivity contribution in [2.24, 2.45) is 7.05 Å². The van der Waals surface area contributed by atoms with Crippen LogP contribution in [0.3, 0.4) is 0 Å². The maximum absolute atomic E-state index is 8.36. The maximum Gasteiger partial charge on any atom is 0.290 e. The summed E-state index contributed by atoms with van der Waals surface area (Å²) < 4.78 is 20.8. The monoisotopic (exact) mass is 516 g/mol. The van der Waals surface area contributed by atoms with Crippen LogP contribution < -0.4 is 14.2 Å². The number of aryl methyl sites for hydroxylation is 1. The molecule has 1 unspecified atom stereocenters. The fourth-order valence-electron chi connectivity index (χ4n) is 3.98. The number of methoxy groups -OCH3 is 2. The molecule has 0 saturated heterocycles. The van der Waals surface area contributed by atoms with Crippen molar-refractivity contribution in [3.8, 4) is 28.6 Å². The van der Waals surface area contributed by atoms with Gasteiger partial charge in [0.1, 0.15) is 11.6 Å². The summed E-state index contributed by atoms with van der Waals surface area (Å²) >= 11 is 0. The number of fused-ring (bicyclic) bond motifs is 1. The zero-order valence-corrected chi connectivity index (χ0v) is 21.5. The number of hydrogen-bond acceptors (Lipinski definition) is 8. The Kier molecular flexibility index (Phi) is 8.17. The van der Waals surface area contributed by atoms with Gasteiger partial charge in [-0.2, -0.15) is 5.10 Å². The Balaban J connectivity index is 0.00000107. The lowest BCUT2D eigenvalue weighted by atomic mass is 10.1. The normalized spacial score (nSPS) is 11.4. The first-order valence-electron chi connectivity index (χ1n) is 11.7. The van der Waals surface area contributed by atoms with Gasteiger partial charge in [0.05, 0.1) is 32.8 Å². The predicted molar refractivity (Wildman–Crippen MR) is 140 cm³/mol. The minimum Gasteiger partial charge on any atom is -0.493 e. The molecular formula is C27H28N6O5. The van der Waals surface area contributed by atoms with Gasteiger partial charge in [-0.25, -0.2) is 15.0 Å². The maximum atomic E-state index is 8.36. The smallest absolute Gasteiger partial charge is 0.290 e. The van der Waals surface area contributed by atoms with Gasteiger partial charge < -0.3 is 23.9 Å². The molecule has 4 heterocycles. The lowest BCUT2D eigenvalue weighted by Crippen LogP contribution is -2.06. The van der Waals surface area contributed by atoms with Crippen LogP contribution in [0.25, 0.3) is 22.4 Å². The highest BCUT2D eigenvalue weighted by Crippen LogP contribution is 2.33. The summed E-state index contributed by atoms with van der Waals surface area (Å²) in [6, 6.07) is 13.7. The van der Waals surface area contributed by atoms with Crippen LogP contribution in [-0.4, -0.2) is 55.1 Å². The third kappa shape index (κ3) is 5.72. The summed E-state index contributed by atoms with van der Waals surface area (Å²) in [5.41, 5.74) is 5.61. The number of nitrogens with zero attached hydrogens (tertiary/aromatic N) is 6. The van der Waals surface area contributed by atoms with Gasteiger partial charge in [0.25, 0.3) is 6.47 Å². The minimum absolute atomic E-state index is 0.205. The van der Waals surface area contributed by atoms with Crippen molar-refractivity contribution in [1.29, 1.82) is 0 Å². The molecule has 1 atom stereocenters. The molecule has 0 spiro atoms. The molecule has 0 radical (unpaired) electrons. The highest BCUT2D eigenvalue weighted by molar-refractivity contribution is 5.77. The fourth-order valence-corrected chi connectivity index (χ4v) is 3.98. The molecule has 0 aliphatic rings. The molecule has 5 aromatic rings. The predicted octanol–water partition coefficient (Wildman–Crippen LogP) is 4.13. The highest BCUT2D eigenvalue weighted by Gasteiger charge is 2.14. The van der Waals surface area contributed by atoms with Crippen molar-refractivity contribution >= 4 is 17.6 Å². The van der Waals surface area contributed by atoms with E-state index in [1.54, 1.807) is 32.9 Å².